The van der Waals surface area contributed by atoms with Crippen molar-refractivity contribution in [2.45, 2.75) is 92.4 Å². The minimum Gasteiger partial charge on any atom is -0.313 e. The van der Waals surface area contributed by atoms with Crippen molar-refractivity contribution in [3.05, 3.63) is 203 Å². The molecule has 4 heteroatoms. The molecule has 3 aliphatic rings. The monoisotopic (exact) mass is 881 g/mol. The van der Waals surface area contributed by atoms with Crippen LogP contribution < -0.4 is 26.2 Å². The molecule has 3 heterocycles. The predicted octanol–water partition coefficient (Wildman–Crippen LogP) is 15.2. The highest BCUT2D eigenvalue weighted by Crippen LogP contribution is 2.55. The van der Waals surface area contributed by atoms with Crippen molar-refractivity contribution in [3.8, 4) is 27.9 Å². The standard InChI is InChI=1S/C64H60BN3/c1-39-33-56-59-57(34-39)68-60-48(58-46-25-17-18-26-49(46)64(10,11)61(58)68)36-44(63(7,8)9)37-51(60)65(59)50-31-30-45(66(52-27-19-15-21-40(52)2)53-28-20-16-22-41(53)3)38-55(50)67(56)54-32-29-43(62(4,5)6)35-47(54)42-23-13-12-14-24-42/h12-38H,1-11H3. The molecule has 0 atom stereocenters. The zero-order chi connectivity index (χ0) is 47.2. The van der Waals surface area contributed by atoms with Gasteiger partial charge in [0.05, 0.1) is 5.69 Å². The van der Waals surface area contributed by atoms with E-state index in [2.05, 4.69) is 254 Å². The Morgan fingerprint density at radius 1 is 0.515 bits per heavy atom. The Morgan fingerprint density at radius 2 is 1.15 bits per heavy atom. The Labute approximate surface area is 403 Å². The molecule has 0 fully saturated rings. The van der Waals surface area contributed by atoms with Crippen LogP contribution in [0.15, 0.2) is 164 Å². The summed E-state index contributed by atoms with van der Waals surface area (Å²) in [5, 5.41) is 1.36. The lowest BCUT2D eigenvalue weighted by Crippen LogP contribution is -2.61. The lowest BCUT2D eigenvalue weighted by Gasteiger charge is -2.43. The quantitative estimate of drug-likeness (QED) is 0.160. The molecule has 0 radical (unpaired) electrons. The third kappa shape index (κ3) is 6.12. The Kier molecular flexibility index (Phi) is 9.17. The smallest absolute Gasteiger partial charge is 0.252 e. The summed E-state index contributed by atoms with van der Waals surface area (Å²) < 4.78 is 2.71. The Morgan fingerprint density at radius 3 is 1.82 bits per heavy atom. The first kappa shape index (κ1) is 42.3. The van der Waals surface area contributed by atoms with Gasteiger partial charge in [-0.3, -0.25) is 0 Å². The van der Waals surface area contributed by atoms with Crippen molar-refractivity contribution in [2.75, 3.05) is 9.80 Å². The number of aromatic nitrogens is 1. The van der Waals surface area contributed by atoms with E-state index in [-0.39, 0.29) is 23.0 Å². The van der Waals surface area contributed by atoms with E-state index in [1.807, 2.05) is 0 Å². The molecule has 1 aliphatic carbocycles. The zero-order valence-corrected chi connectivity index (χ0v) is 41.5. The third-order valence-corrected chi connectivity index (χ3v) is 15.5. The van der Waals surface area contributed by atoms with Gasteiger partial charge in [0.2, 0.25) is 0 Å². The molecule has 12 rings (SSSR count). The van der Waals surface area contributed by atoms with E-state index in [1.54, 1.807) is 0 Å². The summed E-state index contributed by atoms with van der Waals surface area (Å²) in [5.41, 5.74) is 27.9. The van der Waals surface area contributed by atoms with Crippen LogP contribution in [0.4, 0.5) is 34.1 Å². The molecule has 0 saturated heterocycles. The maximum atomic E-state index is 2.71. The van der Waals surface area contributed by atoms with Gasteiger partial charge in [-0.2, -0.15) is 0 Å². The number of para-hydroxylation sites is 2. The number of anilines is 6. The third-order valence-electron chi connectivity index (χ3n) is 15.5. The molecule has 1 aromatic heterocycles. The normalized spacial score (nSPS) is 14.2. The fraction of sp³-hybridized carbons (Fsp3) is 0.219. The number of hydrogen-bond donors (Lipinski definition) is 0. The summed E-state index contributed by atoms with van der Waals surface area (Å²) in [4.78, 5) is 5.12. The van der Waals surface area contributed by atoms with E-state index in [1.165, 1.54) is 123 Å². The van der Waals surface area contributed by atoms with Gasteiger partial charge in [0.1, 0.15) is 0 Å². The fourth-order valence-corrected chi connectivity index (χ4v) is 12.1. The van der Waals surface area contributed by atoms with Crippen LogP contribution in [0.2, 0.25) is 0 Å². The molecule has 0 saturated carbocycles. The highest BCUT2D eigenvalue weighted by Gasteiger charge is 2.48. The van der Waals surface area contributed by atoms with Crippen molar-refractivity contribution in [1.29, 1.82) is 0 Å². The first-order chi connectivity index (χ1) is 32.5. The summed E-state index contributed by atoms with van der Waals surface area (Å²) in [5.74, 6) is 0. The first-order valence-corrected chi connectivity index (χ1v) is 24.6. The molecule has 0 unspecified atom stereocenters. The van der Waals surface area contributed by atoms with Gasteiger partial charge in [-0.1, -0.05) is 165 Å². The molecule has 68 heavy (non-hydrogen) atoms. The second-order valence-electron chi connectivity index (χ2n) is 22.4. The Bertz CT molecular complexity index is 3510. The predicted molar refractivity (Wildman–Crippen MR) is 292 cm³/mol. The van der Waals surface area contributed by atoms with Gasteiger partial charge in [-0.15, -0.1) is 0 Å². The van der Waals surface area contributed by atoms with Crippen molar-refractivity contribution in [3.63, 3.8) is 0 Å². The van der Waals surface area contributed by atoms with Crippen LogP contribution in [0, 0.1) is 20.8 Å². The van der Waals surface area contributed by atoms with Crippen LogP contribution in [0.25, 0.3) is 38.8 Å². The summed E-state index contributed by atoms with van der Waals surface area (Å²) in [6, 6.07) is 62.6. The number of benzene rings is 8. The molecule has 2 aliphatic heterocycles. The lowest BCUT2D eigenvalue weighted by atomic mass is 9.33. The zero-order valence-electron chi connectivity index (χ0n) is 41.5. The number of fused-ring (bicyclic) bond motifs is 9. The lowest BCUT2D eigenvalue weighted by molar-refractivity contribution is 0.590. The van der Waals surface area contributed by atoms with Crippen molar-refractivity contribution < 1.29 is 0 Å². The van der Waals surface area contributed by atoms with Crippen LogP contribution in [0.1, 0.15) is 94.5 Å². The van der Waals surface area contributed by atoms with E-state index >= 15 is 0 Å². The fourth-order valence-electron chi connectivity index (χ4n) is 12.1. The molecule has 334 valence electrons. The van der Waals surface area contributed by atoms with Gasteiger partial charge in [-0.05, 0) is 147 Å². The van der Waals surface area contributed by atoms with E-state index in [0.717, 1.165) is 5.69 Å². The second kappa shape index (κ2) is 14.7. The topological polar surface area (TPSA) is 11.4 Å². The van der Waals surface area contributed by atoms with Crippen LogP contribution in [0.5, 0.6) is 0 Å². The summed E-state index contributed by atoms with van der Waals surface area (Å²) >= 11 is 0. The molecule has 0 N–H and O–H groups in total. The highest BCUT2D eigenvalue weighted by molar-refractivity contribution is 7.00. The minimum absolute atomic E-state index is 0.00835. The van der Waals surface area contributed by atoms with Crippen LogP contribution >= 0.6 is 0 Å². The average Bonchev–Trinajstić information content (AvgIpc) is 3.78. The largest absolute Gasteiger partial charge is 0.313 e. The molecular formula is C64H60BN3. The maximum absolute atomic E-state index is 2.71. The van der Waals surface area contributed by atoms with Gasteiger partial charge in [0, 0.05) is 67.3 Å². The molecule has 0 amide bonds. The summed E-state index contributed by atoms with van der Waals surface area (Å²) in [6.07, 6.45) is 0. The highest BCUT2D eigenvalue weighted by atomic mass is 15.2. The van der Waals surface area contributed by atoms with Gasteiger partial charge < -0.3 is 14.4 Å². The van der Waals surface area contributed by atoms with Crippen molar-refractivity contribution >= 4 is 68.1 Å². The SMILES string of the molecule is Cc1cc2c3c(c1)-n1c4c(c5cc(C(C)(C)C)cc(c51)B3c1ccc(N(c3ccccc3C)c3ccccc3C)cc1N2c1ccc(C(C)(C)C)cc1-c1ccccc1)-c1ccccc1C4(C)C. The van der Waals surface area contributed by atoms with Gasteiger partial charge in [-0.25, -0.2) is 0 Å². The number of hydrogen-bond acceptors (Lipinski definition) is 2. The van der Waals surface area contributed by atoms with E-state index < -0.39 is 0 Å². The van der Waals surface area contributed by atoms with E-state index in [9.17, 15) is 0 Å². The van der Waals surface area contributed by atoms with Crippen LogP contribution in [-0.4, -0.2) is 11.3 Å². The van der Waals surface area contributed by atoms with Gasteiger partial charge in [0.25, 0.3) is 6.71 Å². The van der Waals surface area contributed by atoms with Crippen LogP contribution in [-0.2, 0) is 16.2 Å². The van der Waals surface area contributed by atoms with Crippen LogP contribution in [0.3, 0.4) is 0 Å². The molecule has 0 spiro atoms. The minimum atomic E-state index is -0.216. The van der Waals surface area contributed by atoms with Gasteiger partial charge in [0.15, 0.2) is 0 Å². The van der Waals surface area contributed by atoms with Crippen molar-refractivity contribution in [1.82, 2.24) is 4.57 Å². The van der Waals surface area contributed by atoms with E-state index in [4.69, 9.17) is 0 Å². The summed E-state index contributed by atoms with van der Waals surface area (Å²) in [6.45, 7) is 25.8. The number of nitrogens with zero attached hydrogens (tertiary/aromatic N) is 3. The second-order valence-corrected chi connectivity index (χ2v) is 22.4. The molecule has 8 aromatic carbocycles. The molecular weight excluding hydrogens is 822 g/mol. The molecule has 0 bridgehead atoms. The Balaban J connectivity index is 1.24. The van der Waals surface area contributed by atoms with E-state index in [0.29, 0.717) is 0 Å². The Hall–Kier alpha value is -7.04. The first-order valence-electron chi connectivity index (χ1n) is 24.6. The van der Waals surface area contributed by atoms with Crippen molar-refractivity contribution in [2.24, 2.45) is 0 Å². The van der Waals surface area contributed by atoms with Gasteiger partial charge >= 0.3 is 0 Å². The number of aryl methyl sites for hydroxylation is 3. The number of rotatable bonds is 5. The molecule has 9 aromatic rings. The average molecular weight is 882 g/mol. The maximum Gasteiger partial charge on any atom is 0.252 e. The summed E-state index contributed by atoms with van der Waals surface area (Å²) in [7, 11) is 0. The molecule has 3 nitrogen and oxygen atoms in total.